The van der Waals surface area contributed by atoms with Crippen molar-refractivity contribution in [2.45, 2.75) is 6.92 Å². The summed E-state index contributed by atoms with van der Waals surface area (Å²) < 4.78 is 7.56. The van der Waals surface area contributed by atoms with E-state index in [1.165, 1.54) is 6.20 Å². The maximum atomic E-state index is 11.8. The van der Waals surface area contributed by atoms with E-state index in [0.717, 1.165) is 3.57 Å². The fourth-order valence-corrected chi connectivity index (χ4v) is 2.21. The third-order valence-electron chi connectivity index (χ3n) is 2.90. The summed E-state index contributed by atoms with van der Waals surface area (Å²) in [5.41, 5.74) is 1.72. The Balaban J connectivity index is 1.89. The van der Waals surface area contributed by atoms with E-state index in [1.807, 2.05) is 18.2 Å². The molecule has 1 heterocycles. The van der Waals surface area contributed by atoms with Gasteiger partial charge >= 0.3 is 5.97 Å². The highest BCUT2D eigenvalue weighted by Gasteiger charge is 2.15. The molecule has 1 aromatic heterocycles. The number of amides is 1. The number of aryl methyl sites for hydroxylation is 1. The number of anilines is 1. The second-order valence-electron chi connectivity index (χ2n) is 4.40. The molecule has 1 N–H and O–H groups in total. The van der Waals surface area contributed by atoms with Gasteiger partial charge in [0.1, 0.15) is 5.56 Å². The maximum Gasteiger partial charge on any atom is 0.342 e. The Morgan fingerprint density at radius 1 is 1.43 bits per heavy atom. The number of carbonyl (C=O) groups excluding carboxylic acids is 2. The first-order valence-corrected chi connectivity index (χ1v) is 7.26. The van der Waals surface area contributed by atoms with Gasteiger partial charge in [0.2, 0.25) is 0 Å². The summed E-state index contributed by atoms with van der Waals surface area (Å²) in [4.78, 5) is 23.6. The number of nitrogens with zero attached hydrogens (tertiary/aromatic N) is 2. The normalized spacial score (nSPS) is 10.2. The van der Waals surface area contributed by atoms with E-state index >= 15 is 0 Å². The zero-order valence-electron chi connectivity index (χ0n) is 11.6. The molecular weight excluding hydrogens is 385 g/mol. The molecule has 7 heteroatoms. The van der Waals surface area contributed by atoms with Gasteiger partial charge in [-0.05, 0) is 47.7 Å². The molecule has 2 rings (SSSR count). The number of rotatable bonds is 4. The highest BCUT2D eigenvalue weighted by Crippen LogP contribution is 2.12. The lowest BCUT2D eigenvalue weighted by atomic mass is 10.3. The van der Waals surface area contributed by atoms with Crippen LogP contribution in [0.3, 0.4) is 0 Å². The van der Waals surface area contributed by atoms with Crippen LogP contribution in [0.2, 0.25) is 0 Å². The van der Waals surface area contributed by atoms with E-state index in [-0.39, 0.29) is 12.5 Å². The van der Waals surface area contributed by atoms with Crippen molar-refractivity contribution in [3.05, 3.63) is 45.3 Å². The Labute approximate surface area is 135 Å². The number of halogens is 1. The van der Waals surface area contributed by atoms with Gasteiger partial charge in [-0.25, -0.2) is 4.79 Å². The summed E-state index contributed by atoms with van der Waals surface area (Å²) in [6, 6.07) is 7.35. The summed E-state index contributed by atoms with van der Waals surface area (Å²) >= 11 is 2.15. The number of esters is 1. The van der Waals surface area contributed by atoms with Crippen LogP contribution in [0.4, 0.5) is 5.69 Å². The summed E-state index contributed by atoms with van der Waals surface area (Å²) in [6.07, 6.45) is 1.43. The van der Waals surface area contributed by atoms with E-state index in [4.69, 9.17) is 4.74 Å². The summed E-state index contributed by atoms with van der Waals surface area (Å²) in [7, 11) is 1.73. The average molecular weight is 399 g/mol. The van der Waals surface area contributed by atoms with Crippen LogP contribution >= 0.6 is 22.6 Å². The van der Waals surface area contributed by atoms with Gasteiger partial charge < -0.3 is 10.1 Å². The van der Waals surface area contributed by atoms with E-state index in [2.05, 4.69) is 33.0 Å². The number of hydrogen-bond acceptors (Lipinski definition) is 4. The fraction of sp³-hybridized carbons (Fsp3) is 0.214. The van der Waals surface area contributed by atoms with Crippen LogP contribution in [0.25, 0.3) is 0 Å². The van der Waals surface area contributed by atoms with Crippen molar-refractivity contribution < 1.29 is 14.3 Å². The molecule has 1 aromatic carbocycles. The van der Waals surface area contributed by atoms with E-state index in [0.29, 0.717) is 16.9 Å². The van der Waals surface area contributed by atoms with E-state index < -0.39 is 5.97 Å². The number of ether oxygens (including phenoxy) is 1. The second-order valence-corrected chi connectivity index (χ2v) is 5.65. The third kappa shape index (κ3) is 4.03. The van der Waals surface area contributed by atoms with Gasteiger partial charge in [-0.3, -0.25) is 9.48 Å². The molecule has 110 valence electrons. The van der Waals surface area contributed by atoms with Gasteiger partial charge in [-0.1, -0.05) is 6.07 Å². The Bertz CT molecular complexity index is 682. The smallest absolute Gasteiger partial charge is 0.342 e. The van der Waals surface area contributed by atoms with Crippen LogP contribution in [0, 0.1) is 10.5 Å². The predicted octanol–water partition coefficient (Wildman–Crippen LogP) is 2.13. The molecular formula is C14H14IN3O3. The third-order valence-corrected chi connectivity index (χ3v) is 3.57. The van der Waals surface area contributed by atoms with Gasteiger partial charge in [0.25, 0.3) is 5.91 Å². The monoisotopic (exact) mass is 399 g/mol. The van der Waals surface area contributed by atoms with E-state index in [9.17, 15) is 9.59 Å². The molecule has 21 heavy (non-hydrogen) atoms. The van der Waals surface area contributed by atoms with Gasteiger partial charge in [-0.15, -0.1) is 0 Å². The van der Waals surface area contributed by atoms with Crippen molar-refractivity contribution in [1.82, 2.24) is 9.78 Å². The Hall–Kier alpha value is -1.90. The van der Waals surface area contributed by atoms with Crippen molar-refractivity contribution >= 4 is 40.2 Å². The first-order valence-electron chi connectivity index (χ1n) is 6.18. The minimum Gasteiger partial charge on any atom is -0.452 e. The topological polar surface area (TPSA) is 73.2 Å². The summed E-state index contributed by atoms with van der Waals surface area (Å²) in [6.45, 7) is 1.42. The lowest BCUT2D eigenvalue weighted by molar-refractivity contribution is -0.119. The van der Waals surface area contributed by atoms with Crippen molar-refractivity contribution in [3.8, 4) is 0 Å². The van der Waals surface area contributed by atoms with Crippen LogP contribution in [-0.2, 0) is 16.6 Å². The first kappa shape index (κ1) is 15.5. The molecule has 0 unspecified atom stereocenters. The van der Waals surface area contributed by atoms with Crippen LogP contribution in [0.15, 0.2) is 30.5 Å². The van der Waals surface area contributed by atoms with Crippen LogP contribution in [0.1, 0.15) is 16.1 Å². The van der Waals surface area contributed by atoms with Crippen LogP contribution < -0.4 is 5.32 Å². The van der Waals surface area contributed by atoms with E-state index in [1.54, 1.807) is 24.7 Å². The Morgan fingerprint density at radius 3 is 2.81 bits per heavy atom. The number of nitrogens with one attached hydrogen (secondary N) is 1. The molecule has 0 aliphatic rings. The molecule has 6 nitrogen and oxygen atoms in total. The predicted molar refractivity (Wildman–Crippen MR) is 86.0 cm³/mol. The molecule has 1 amide bonds. The highest BCUT2D eigenvalue weighted by molar-refractivity contribution is 14.1. The molecule has 0 bridgehead atoms. The molecule has 0 radical (unpaired) electrons. The molecule has 0 aliphatic heterocycles. The molecule has 0 spiro atoms. The van der Waals surface area contributed by atoms with Crippen molar-refractivity contribution in [3.63, 3.8) is 0 Å². The second kappa shape index (κ2) is 6.70. The van der Waals surface area contributed by atoms with Crippen molar-refractivity contribution in [2.24, 2.45) is 7.05 Å². The van der Waals surface area contributed by atoms with Crippen LogP contribution in [0.5, 0.6) is 0 Å². The van der Waals surface area contributed by atoms with Gasteiger partial charge in [0, 0.05) is 22.0 Å². The fourth-order valence-electron chi connectivity index (χ4n) is 1.67. The lowest BCUT2D eigenvalue weighted by Crippen LogP contribution is -2.21. The SMILES string of the molecule is Cc1c(C(=O)OCC(=O)Nc2cccc(I)c2)cnn1C. The lowest BCUT2D eigenvalue weighted by Gasteiger charge is -2.06. The molecule has 0 fully saturated rings. The maximum absolute atomic E-state index is 11.8. The minimum atomic E-state index is -0.557. The first-order chi connectivity index (χ1) is 9.97. The Kier molecular flexibility index (Phi) is 4.94. The number of benzene rings is 1. The van der Waals surface area contributed by atoms with Gasteiger partial charge in [-0.2, -0.15) is 5.10 Å². The zero-order chi connectivity index (χ0) is 15.4. The summed E-state index contributed by atoms with van der Waals surface area (Å²) in [5, 5.41) is 6.62. The molecule has 2 aromatic rings. The van der Waals surface area contributed by atoms with Gasteiger partial charge in [0.05, 0.1) is 6.20 Å². The van der Waals surface area contributed by atoms with Crippen LogP contribution in [-0.4, -0.2) is 28.3 Å². The molecule has 0 saturated carbocycles. The number of hydrogen-bond donors (Lipinski definition) is 1. The number of carbonyl (C=O) groups is 2. The molecule has 0 aliphatic carbocycles. The molecule has 0 saturated heterocycles. The van der Waals surface area contributed by atoms with Crippen molar-refractivity contribution in [2.75, 3.05) is 11.9 Å². The molecule has 0 atom stereocenters. The standard InChI is InChI=1S/C14H14IN3O3/c1-9-12(7-16-18(9)2)14(20)21-8-13(19)17-11-5-3-4-10(15)6-11/h3-7H,8H2,1-2H3,(H,17,19). The van der Waals surface area contributed by atoms with Crippen molar-refractivity contribution in [1.29, 1.82) is 0 Å². The average Bonchev–Trinajstić information content (AvgIpc) is 2.76. The number of aromatic nitrogens is 2. The minimum absolute atomic E-state index is 0.335. The summed E-state index contributed by atoms with van der Waals surface area (Å²) in [5.74, 6) is -0.940. The quantitative estimate of drug-likeness (QED) is 0.632. The zero-order valence-corrected chi connectivity index (χ0v) is 13.7. The largest absolute Gasteiger partial charge is 0.452 e. The Morgan fingerprint density at radius 2 is 2.19 bits per heavy atom. The highest BCUT2D eigenvalue weighted by atomic mass is 127. The van der Waals surface area contributed by atoms with Gasteiger partial charge in [0.15, 0.2) is 6.61 Å².